The molecule has 1 aromatic carbocycles. The zero-order chi connectivity index (χ0) is 18.5. The zero-order valence-electron chi connectivity index (χ0n) is 13.2. The van der Waals surface area contributed by atoms with Crippen LogP contribution in [0.5, 0.6) is 0 Å². The third kappa shape index (κ3) is 4.72. The summed E-state index contributed by atoms with van der Waals surface area (Å²) in [7, 11) is 0. The average molecular weight is 414 g/mol. The average Bonchev–Trinajstić information content (AvgIpc) is 3.09. The van der Waals surface area contributed by atoms with E-state index in [-0.39, 0.29) is 17.3 Å². The standard InChI is InChI=1S/C17H12Cl3FN4O/c18-11-1-2-13(14(20)5-11)16(8-25-4-3-22-10-25)24-26-9-17-15(21)6-12(19)7-23-17/h1-7,10H,8-9H2. The van der Waals surface area contributed by atoms with Gasteiger partial charge in [-0.05, 0) is 24.3 Å². The summed E-state index contributed by atoms with van der Waals surface area (Å²) in [4.78, 5) is 13.2. The second-order valence-electron chi connectivity index (χ2n) is 5.25. The van der Waals surface area contributed by atoms with Gasteiger partial charge in [-0.1, -0.05) is 40.0 Å². The van der Waals surface area contributed by atoms with E-state index in [4.69, 9.17) is 39.6 Å². The van der Waals surface area contributed by atoms with Crippen molar-refractivity contribution >= 4 is 40.5 Å². The van der Waals surface area contributed by atoms with Crippen molar-refractivity contribution in [1.29, 1.82) is 0 Å². The monoisotopic (exact) mass is 412 g/mol. The summed E-state index contributed by atoms with van der Waals surface area (Å²) >= 11 is 17.9. The van der Waals surface area contributed by atoms with E-state index in [0.29, 0.717) is 27.9 Å². The fourth-order valence-corrected chi connectivity index (χ4v) is 2.82. The van der Waals surface area contributed by atoms with Gasteiger partial charge in [0.05, 0.1) is 22.9 Å². The molecule has 0 bridgehead atoms. The summed E-state index contributed by atoms with van der Waals surface area (Å²) < 4.78 is 15.6. The molecule has 134 valence electrons. The molecule has 5 nitrogen and oxygen atoms in total. The first-order valence-electron chi connectivity index (χ1n) is 7.43. The van der Waals surface area contributed by atoms with Crippen molar-refractivity contribution in [3.05, 3.63) is 81.3 Å². The van der Waals surface area contributed by atoms with Gasteiger partial charge in [-0.25, -0.2) is 9.37 Å². The lowest BCUT2D eigenvalue weighted by Gasteiger charge is -2.10. The lowest BCUT2D eigenvalue weighted by molar-refractivity contribution is 0.124. The van der Waals surface area contributed by atoms with Crippen LogP contribution in [-0.2, 0) is 18.0 Å². The molecule has 0 unspecified atom stereocenters. The number of imidazole rings is 1. The lowest BCUT2D eigenvalue weighted by Crippen LogP contribution is -2.12. The first-order chi connectivity index (χ1) is 12.5. The first-order valence-corrected chi connectivity index (χ1v) is 8.56. The molecule has 2 aromatic heterocycles. The van der Waals surface area contributed by atoms with Crippen molar-refractivity contribution in [2.45, 2.75) is 13.2 Å². The van der Waals surface area contributed by atoms with Crippen LogP contribution in [0.3, 0.4) is 0 Å². The molecule has 3 rings (SSSR count). The summed E-state index contributed by atoms with van der Waals surface area (Å²) in [6.45, 7) is 0.208. The highest BCUT2D eigenvalue weighted by atomic mass is 35.5. The molecule has 0 aliphatic carbocycles. The van der Waals surface area contributed by atoms with Crippen LogP contribution in [0, 0.1) is 5.82 Å². The first kappa shape index (κ1) is 18.6. The van der Waals surface area contributed by atoms with E-state index >= 15 is 0 Å². The van der Waals surface area contributed by atoms with Gasteiger partial charge >= 0.3 is 0 Å². The Morgan fingerprint density at radius 3 is 2.73 bits per heavy atom. The van der Waals surface area contributed by atoms with E-state index < -0.39 is 5.82 Å². The number of hydrogen-bond acceptors (Lipinski definition) is 4. The maximum atomic E-state index is 13.8. The van der Waals surface area contributed by atoms with Gasteiger partial charge in [0.2, 0.25) is 0 Å². The highest BCUT2D eigenvalue weighted by molar-refractivity contribution is 6.37. The molecule has 0 spiro atoms. The van der Waals surface area contributed by atoms with Gasteiger partial charge in [-0.15, -0.1) is 0 Å². The molecule has 0 amide bonds. The summed E-state index contributed by atoms with van der Waals surface area (Å²) in [6, 6.07) is 6.22. The Morgan fingerprint density at radius 1 is 1.19 bits per heavy atom. The number of benzene rings is 1. The quantitative estimate of drug-likeness (QED) is 0.422. The van der Waals surface area contributed by atoms with Gasteiger partial charge in [-0.3, -0.25) is 4.98 Å². The molecule has 0 saturated carbocycles. The molecular weight excluding hydrogens is 402 g/mol. The maximum absolute atomic E-state index is 13.8. The van der Waals surface area contributed by atoms with Gasteiger partial charge in [-0.2, -0.15) is 0 Å². The minimum Gasteiger partial charge on any atom is -0.389 e. The molecule has 0 radical (unpaired) electrons. The Kier molecular flexibility index (Phi) is 6.08. The second-order valence-corrected chi connectivity index (χ2v) is 6.53. The maximum Gasteiger partial charge on any atom is 0.162 e. The smallest absolute Gasteiger partial charge is 0.162 e. The van der Waals surface area contributed by atoms with Crippen molar-refractivity contribution in [3.8, 4) is 0 Å². The molecule has 2 heterocycles. The number of oxime groups is 1. The molecule has 0 atom stereocenters. The highest BCUT2D eigenvalue weighted by Gasteiger charge is 2.12. The van der Waals surface area contributed by atoms with Crippen LogP contribution in [-0.4, -0.2) is 20.2 Å². The Hall–Kier alpha value is -2.15. The Morgan fingerprint density at radius 2 is 2.04 bits per heavy atom. The zero-order valence-corrected chi connectivity index (χ0v) is 15.5. The number of pyridine rings is 1. The van der Waals surface area contributed by atoms with E-state index in [9.17, 15) is 4.39 Å². The number of nitrogens with zero attached hydrogens (tertiary/aromatic N) is 4. The van der Waals surface area contributed by atoms with E-state index in [1.54, 1.807) is 41.5 Å². The predicted octanol–water partition coefficient (Wildman–Crippen LogP) is 5.00. The predicted molar refractivity (Wildman–Crippen MR) is 99.2 cm³/mol. The molecule has 0 saturated heterocycles. The van der Waals surface area contributed by atoms with Gasteiger partial charge in [0.15, 0.2) is 6.61 Å². The molecule has 0 N–H and O–H groups in total. The van der Waals surface area contributed by atoms with Crippen LogP contribution in [0.2, 0.25) is 15.1 Å². The minimum absolute atomic E-state index is 0.0994. The van der Waals surface area contributed by atoms with Crippen molar-refractivity contribution in [3.63, 3.8) is 0 Å². The normalized spacial score (nSPS) is 11.6. The molecule has 3 aromatic rings. The van der Waals surface area contributed by atoms with Crippen molar-refractivity contribution in [2.24, 2.45) is 5.16 Å². The van der Waals surface area contributed by atoms with Gasteiger partial charge in [0.25, 0.3) is 0 Å². The summed E-state index contributed by atoms with van der Waals surface area (Å²) in [5, 5.41) is 5.27. The van der Waals surface area contributed by atoms with E-state index in [1.807, 2.05) is 0 Å². The number of hydrogen-bond donors (Lipinski definition) is 0. The molecule has 9 heteroatoms. The largest absolute Gasteiger partial charge is 0.389 e. The van der Waals surface area contributed by atoms with Gasteiger partial charge in [0.1, 0.15) is 17.2 Å². The van der Waals surface area contributed by atoms with Crippen molar-refractivity contribution in [1.82, 2.24) is 14.5 Å². The van der Waals surface area contributed by atoms with Crippen LogP contribution < -0.4 is 0 Å². The van der Waals surface area contributed by atoms with Crippen LogP contribution in [0.15, 0.2) is 54.3 Å². The Balaban J connectivity index is 1.83. The van der Waals surface area contributed by atoms with Crippen LogP contribution in [0.4, 0.5) is 4.39 Å². The van der Waals surface area contributed by atoms with Crippen molar-refractivity contribution in [2.75, 3.05) is 0 Å². The third-order valence-electron chi connectivity index (χ3n) is 3.39. The summed E-state index contributed by atoms with van der Waals surface area (Å²) in [5.41, 5.74) is 1.27. The Bertz CT molecular complexity index is 932. The van der Waals surface area contributed by atoms with Crippen molar-refractivity contribution < 1.29 is 9.23 Å². The summed E-state index contributed by atoms with van der Waals surface area (Å²) in [5.74, 6) is -0.562. The highest BCUT2D eigenvalue weighted by Crippen LogP contribution is 2.22. The van der Waals surface area contributed by atoms with Crippen LogP contribution >= 0.6 is 34.8 Å². The van der Waals surface area contributed by atoms with Crippen LogP contribution in [0.25, 0.3) is 0 Å². The van der Waals surface area contributed by atoms with E-state index in [2.05, 4.69) is 15.1 Å². The SMILES string of the molecule is Fc1cc(Cl)cnc1CON=C(Cn1ccnc1)c1ccc(Cl)cc1Cl. The fourth-order valence-electron chi connectivity index (χ4n) is 2.16. The minimum atomic E-state index is -0.562. The second kappa shape index (κ2) is 8.49. The van der Waals surface area contributed by atoms with Gasteiger partial charge < -0.3 is 9.40 Å². The van der Waals surface area contributed by atoms with E-state index in [0.717, 1.165) is 0 Å². The summed E-state index contributed by atoms with van der Waals surface area (Å²) in [6.07, 6.45) is 6.41. The van der Waals surface area contributed by atoms with Crippen LogP contribution in [0.1, 0.15) is 11.3 Å². The molecule has 0 fully saturated rings. The van der Waals surface area contributed by atoms with E-state index in [1.165, 1.54) is 12.3 Å². The molecule has 0 aliphatic heterocycles. The third-order valence-corrected chi connectivity index (χ3v) is 4.15. The number of halogens is 4. The topological polar surface area (TPSA) is 52.3 Å². The Labute approximate surface area is 164 Å². The molecular formula is C17H12Cl3FN4O. The fraction of sp³-hybridized carbons (Fsp3) is 0.118. The van der Waals surface area contributed by atoms with Gasteiger partial charge in [0, 0.05) is 29.2 Å². The number of rotatable bonds is 6. The number of aromatic nitrogens is 3. The molecule has 0 aliphatic rings. The lowest BCUT2D eigenvalue weighted by atomic mass is 10.1. The molecule has 26 heavy (non-hydrogen) atoms.